The number of rotatable bonds is 7. The van der Waals surface area contributed by atoms with E-state index in [1.165, 1.54) is 18.5 Å². The topological polar surface area (TPSA) is 69.0 Å². The lowest BCUT2D eigenvalue weighted by atomic mass is 9.99. The summed E-state index contributed by atoms with van der Waals surface area (Å²) in [4.78, 5) is 16.2. The van der Waals surface area contributed by atoms with Gasteiger partial charge in [0.15, 0.2) is 0 Å². The smallest absolute Gasteiger partial charge is 0.220 e. The zero-order chi connectivity index (χ0) is 16.8. The van der Waals surface area contributed by atoms with E-state index in [1.807, 2.05) is 0 Å². The van der Waals surface area contributed by atoms with Gasteiger partial charge in [-0.25, -0.2) is 9.37 Å². The van der Waals surface area contributed by atoms with Crippen LogP contribution in [0.4, 0.5) is 4.39 Å². The molecule has 0 bridgehead atoms. The van der Waals surface area contributed by atoms with Gasteiger partial charge in [0.2, 0.25) is 5.91 Å². The minimum atomic E-state index is -0.288. The maximum Gasteiger partial charge on any atom is 0.220 e. The third-order valence-corrected chi connectivity index (χ3v) is 4.14. The minimum Gasteiger partial charge on any atom is -0.376 e. The Morgan fingerprint density at radius 2 is 2.25 bits per heavy atom. The molecule has 24 heavy (non-hydrogen) atoms. The van der Waals surface area contributed by atoms with Crippen LogP contribution in [-0.4, -0.2) is 33.4 Å². The van der Waals surface area contributed by atoms with Gasteiger partial charge in [-0.3, -0.25) is 9.48 Å². The fourth-order valence-electron chi connectivity index (χ4n) is 2.92. The van der Waals surface area contributed by atoms with Crippen molar-refractivity contribution in [3.8, 4) is 0 Å². The highest BCUT2D eigenvalue weighted by molar-refractivity contribution is 5.76. The summed E-state index contributed by atoms with van der Waals surface area (Å²) in [5.74, 6) is -0.330. The number of ether oxygens (including phenoxy) is 1. The number of carbonyl (C=O) groups excluding carboxylic acids is 1. The first-order valence-electron chi connectivity index (χ1n) is 8.21. The Morgan fingerprint density at radius 3 is 2.92 bits per heavy atom. The van der Waals surface area contributed by atoms with E-state index >= 15 is 0 Å². The van der Waals surface area contributed by atoms with E-state index in [0.29, 0.717) is 26.0 Å². The van der Waals surface area contributed by atoms with Crippen LogP contribution >= 0.6 is 0 Å². The van der Waals surface area contributed by atoms with Gasteiger partial charge in [0, 0.05) is 19.6 Å². The molecule has 2 aromatic rings. The van der Waals surface area contributed by atoms with E-state index in [4.69, 9.17) is 4.74 Å². The highest BCUT2D eigenvalue weighted by Crippen LogP contribution is 2.27. The number of nitrogens with zero attached hydrogens (tertiary/aromatic N) is 3. The molecule has 1 aliphatic heterocycles. The van der Waals surface area contributed by atoms with Crippen molar-refractivity contribution in [2.75, 3.05) is 6.61 Å². The SMILES string of the molecule is O=C(CCCn1cncn1)N[C@H](c1ccc(F)cc1)[C@H]1CCCO1. The van der Waals surface area contributed by atoms with Gasteiger partial charge in [-0.1, -0.05) is 12.1 Å². The molecule has 6 nitrogen and oxygen atoms in total. The van der Waals surface area contributed by atoms with Crippen LogP contribution in [0.2, 0.25) is 0 Å². The zero-order valence-electron chi connectivity index (χ0n) is 13.4. The standard InChI is InChI=1S/C17H21FN4O2/c18-14-7-5-13(6-8-14)17(15-3-2-10-24-15)21-16(23)4-1-9-22-12-19-11-20-22/h5-8,11-12,15,17H,1-4,9-10H2,(H,21,23)/t15-,17-/m1/s1. The Labute approximate surface area is 140 Å². The molecule has 0 radical (unpaired) electrons. The summed E-state index contributed by atoms with van der Waals surface area (Å²) in [6, 6.07) is 5.99. The highest BCUT2D eigenvalue weighted by atomic mass is 19.1. The lowest BCUT2D eigenvalue weighted by Gasteiger charge is -2.25. The van der Waals surface area contributed by atoms with Crippen molar-refractivity contribution in [2.45, 2.75) is 44.4 Å². The second kappa shape index (κ2) is 8.01. The molecule has 1 N–H and O–H groups in total. The molecule has 3 rings (SSSR count). The first kappa shape index (κ1) is 16.6. The molecule has 1 fully saturated rings. The highest BCUT2D eigenvalue weighted by Gasteiger charge is 2.28. The van der Waals surface area contributed by atoms with Gasteiger partial charge in [-0.05, 0) is 37.0 Å². The molecule has 1 aromatic heterocycles. The van der Waals surface area contributed by atoms with E-state index in [9.17, 15) is 9.18 Å². The van der Waals surface area contributed by atoms with Crippen molar-refractivity contribution in [1.82, 2.24) is 20.1 Å². The number of carbonyl (C=O) groups is 1. The Bertz CT molecular complexity index is 639. The summed E-state index contributed by atoms with van der Waals surface area (Å²) in [6.45, 7) is 1.35. The van der Waals surface area contributed by atoms with Gasteiger partial charge in [0.25, 0.3) is 0 Å². The van der Waals surface area contributed by atoms with Crippen LogP contribution in [0.15, 0.2) is 36.9 Å². The first-order valence-corrected chi connectivity index (χ1v) is 8.21. The average molecular weight is 332 g/mol. The Morgan fingerprint density at radius 1 is 1.42 bits per heavy atom. The lowest BCUT2D eigenvalue weighted by Crippen LogP contribution is -2.36. The van der Waals surface area contributed by atoms with Gasteiger partial charge < -0.3 is 10.1 Å². The minimum absolute atomic E-state index is 0.0417. The van der Waals surface area contributed by atoms with Gasteiger partial charge >= 0.3 is 0 Å². The number of aromatic nitrogens is 3. The molecule has 1 saturated heterocycles. The number of nitrogens with one attached hydrogen (secondary N) is 1. The number of benzene rings is 1. The number of aryl methyl sites for hydroxylation is 1. The van der Waals surface area contributed by atoms with Crippen LogP contribution in [0.5, 0.6) is 0 Å². The molecule has 128 valence electrons. The van der Waals surface area contributed by atoms with Crippen LogP contribution in [0.3, 0.4) is 0 Å². The maximum atomic E-state index is 13.2. The molecule has 7 heteroatoms. The Balaban J connectivity index is 1.58. The van der Waals surface area contributed by atoms with Crippen molar-refractivity contribution < 1.29 is 13.9 Å². The largest absolute Gasteiger partial charge is 0.376 e. The molecule has 1 aromatic carbocycles. The first-order chi connectivity index (χ1) is 11.7. The summed E-state index contributed by atoms with van der Waals surface area (Å²) in [5.41, 5.74) is 0.868. The Kier molecular flexibility index (Phi) is 5.53. The second-order valence-corrected chi connectivity index (χ2v) is 5.91. The summed E-state index contributed by atoms with van der Waals surface area (Å²) in [5, 5.41) is 7.05. The molecule has 0 unspecified atom stereocenters. The molecular formula is C17H21FN4O2. The number of hydrogen-bond acceptors (Lipinski definition) is 4. The van der Waals surface area contributed by atoms with Crippen molar-refractivity contribution >= 4 is 5.91 Å². The van der Waals surface area contributed by atoms with Gasteiger partial charge in [0.1, 0.15) is 18.5 Å². The molecular weight excluding hydrogens is 311 g/mol. The molecule has 1 aliphatic rings. The van der Waals surface area contributed by atoms with E-state index < -0.39 is 0 Å². The third kappa shape index (κ3) is 4.38. The van der Waals surface area contributed by atoms with Crippen LogP contribution in [-0.2, 0) is 16.1 Å². The van der Waals surface area contributed by atoms with Crippen molar-refractivity contribution in [3.63, 3.8) is 0 Å². The van der Waals surface area contributed by atoms with Gasteiger partial charge in [-0.2, -0.15) is 5.10 Å². The van der Waals surface area contributed by atoms with E-state index in [-0.39, 0.29) is 23.9 Å². The third-order valence-electron chi connectivity index (χ3n) is 4.14. The lowest BCUT2D eigenvalue weighted by molar-refractivity contribution is -0.123. The van der Waals surface area contributed by atoms with Gasteiger partial charge in [-0.15, -0.1) is 0 Å². The van der Waals surface area contributed by atoms with E-state index in [0.717, 1.165) is 18.4 Å². The van der Waals surface area contributed by atoms with Crippen molar-refractivity contribution in [3.05, 3.63) is 48.3 Å². The molecule has 2 atom stereocenters. The average Bonchev–Trinajstić information content (AvgIpc) is 3.27. The summed E-state index contributed by atoms with van der Waals surface area (Å²) < 4.78 is 20.6. The number of hydrogen-bond donors (Lipinski definition) is 1. The zero-order valence-corrected chi connectivity index (χ0v) is 13.4. The molecule has 0 saturated carbocycles. The molecule has 2 heterocycles. The number of amides is 1. The van der Waals surface area contributed by atoms with Gasteiger partial charge in [0.05, 0.1) is 12.1 Å². The number of halogens is 1. The van der Waals surface area contributed by atoms with Crippen LogP contribution in [0, 0.1) is 5.82 Å². The monoisotopic (exact) mass is 332 g/mol. The van der Waals surface area contributed by atoms with Crippen molar-refractivity contribution in [1.29, 1.82) is 0 Å². The van der Waals surface area contributed by atoms with E-state index in [1.54, 1.807) is 23.1 Å². The predicted molar refractivity (Wildman–Crippen MR) is 85.5 cm³/mol. The second-order valence-electron chi connectivity index (χ2n) is 5.91. The fraction of sp³-hybridized carbons (Fsp3) is 0.471. The Hall–Kier alpha value is -2.28. The van der Waals surface area contributed by atoms with E-state index in [2.05, 4.69) is 15.4 Å². The van der Waals surface area contributed by atoms with Crippen molar-refractivity contribution in [2.24, 2.45) is 0 Å². The summed E-state index contributed by atoms with van der Waals surface area (Å²) >= 11 is 0. The maximum absolute atomic E-state index is 13.2. The normalized spacial score (nSPS) is 18.5. The van der Waals surface area contributed by atoms with Crippen LogP contribution < -0.4 is 5.32 Å². The summed E-state index contributed by atoms with van der Waals surface area (Å²) in [7, 11) is 0. The molecule has 0 spiro atoms. The fourth-order valence-corrected chi connectivity index (χ4v) is 2.92. The molecule has 0 aliphatic carbocycles. The van der Waals surface area contributed by atoms with Crippen LogP contribution in [0.1, 0.15) is 37.3 Å². The molecule has 1 amide bonds. The predicted octanol–water partition coefficient (Wildman–Crippen LogP) is 2.23. The quantitative estimate of drug-likeness (QED) is 0.844. The van der Waals surface area contributed by atoms with Crippen LogP contribution in [0.25, 0.3) is 0 Å². The summed E-state index contributed by atoms with van der Waals surface area (Å²) in [6.07, 6.45) is 5.98.